The number of amides is 1. The lowest BCUT2D eigenvalue weighted by Crippen LogP contribution is -2.12. The first-order valence-corrected chi connectivity index (χ1v) is 10.2. The fourth-order valence-electron chi connectivity index (χ4n) is 3.14. The number of halogens is 1. The maximum Gasteiger partial charge on any atom is 0.268 e. The first-order valence-electron chi connectivity index (χ1n) is 9.05. The molecule has 5 nitrogen and oxygen atoms in total. The molecular formula is C21H18ClN3O2S. The second kappa shape index (κ2) is 7.73. The summed E-state index contributed by atoms with van der Waals surface area (Å²) < 4.78 is 5.91. The molecule has 142 valence electrons. The Hall–Kier alpha value is -2.70. The van der Waals surface area contributed by atoms with E-state index in [1.165, 1.54) is 16.9 Å². The number of thiophene rings is 1. The predicted molar refractivity (Wildman–Crippen MR) is 113 cm³/mol. The molecule has 4 aromatic rings. The molecule has 0 saturated heterocycles. The largest absolute Gasteiger partial charge is 0.301 e. The van der Waals surface area contributed by atoms with Crippen molar-refractivity contribution < 1.29 is 9.42 Å². The van der Waals surface area contributed by atoms with E-state index in [0.29, 0.717) is 21.4 Å². The van der Waals surface area contributed by atoms with Gasteiger partial charge >= 0.3 is 0 Å². The average Bonchev–Trinajstić information content (AvgIpc) is 3.32. The summed E-state index contributed by atoms with van der Waals surface area (Å²) in [5.74, 6) is -0.0330. The highest BCUT2D eigenvalue weighted by Gasteiger charge is 2.22. The molecule has 1 amide bonds. The number of rotatable bonds is 5. The van der Waals surface area contributed by atoms with Crippen molar-refractivity contribution in [1.29, 1.82) is 0 Å². The van der Waals surface area contributed by atoms with Crippen molar-refractivity contribution in [2.24, 2.45) is 0 Å². The summed E-state index contributed by atoms with van der Waals surface area (Å²) in [7, 11) is 0. The van der Waals surface area contributed by atoms with Crippen LogP contribution in [0.1, 0.15) is 34.6 Å². The quantitative estimate of drug-likeness (QED) is 0.438. The lowest BCUT2D eigenvalue weighted by Gasteiger charge is -2.09. The maximum absolute atomic E-state index is 12.9. The topological polar surface area (TPSA) is 68.0 Å². The van der Waals surface area contributed by atoms with Gasteiger partial charge in [-0.1, -0.05) is 55.8 Å². The second-order valence-corrected chi connectivity index (χ2v) is 7.79. The van der Waals surface area contributed by atoms with Crippen LogP contribution in [0.4, 0.5) is 5.82 Å². The molecule has 0 aliphatic heterocycles. The van der Waals surface area contributed by atoms with Crippen LogP contribution >= 0.6 is 22.9 Å². The summed E-state index contributed by atoms with van der Waals surface area (Å²) in [6.07, 6.45) is 1.74. The zero-order valence-corrected chi connectivity index (χ0v) is 17.0. The fraction of sp³-hybridized carbons (Fsp3) is 0.190. The van der Waals surface area contributed by atoms with Gasteiger partial charge in [0.05, 0.1) is 5.02 Å². The van der Waals surface area contributed by atoms with Gasteiger partial charge in [0.1, 0.15) is 4.88 Å². The number of hydrogen-bond donors (Lipinski definition) is 1. The van der Waals surface area contributed by atoms with Crippen LogP contribution in [-0.2, 0) is 12.8 Å². The summed E-state index contributed by atoms with van der Waals surface area (Å²) in [5, 5.41) is 12.1. The number of aromatic nitrogens is 2. The Balaban J connectivity index is 1.70. The van der Waals surface area contributed by atoms with Crippen LogP contribution in [0.25, 0.3) is 21.3 Å². The van der Waals surface area contributed by atoms with Gasteiger partial charge < -0.3 is 5.32 Å². The first kappa shape index (κ1) is 18.7. The summed E-state index contributed by atoms with van der Waals surface area (Å²) in [5.41, 5.74) is 3.74. The smallest absolute Gasteiger partial charge is 0.268 e. The molecule has 0 fully saturated rings. The van der Waals surface area contributed by atoms with E-state index in [2.05, 4.69) is 47.7 Å². The number of hydrogen-bond acceptors (Lipinski definition) is 5. The Morgan fingerprint density at radius 2 is 1.96 bits per heavy atom. The molecule has 7 heteroatoms. The van der Waals surface area contributed by atoms with E-state index in [-0.39, 0.29) is 5.91 Å². The molecule has 2 aromatic heterocycles. The minimum Gasteiger partial charge on any atom is -0.301 e. The molecule has 0 aliphatic rings. The predicted octanol–water partition coefficient (Wildman–Crippen LogP) is 5.98. The van der Waals surface area contributed by atoms with Gasteiger partial charge in [-0.3, -0.25) is 4.79 Å². The summed E-state index contributed by atoms with van der Waals surface area (Å²) in [4.78, 5) is 13.3. The third kappa shape index (κ3) is 3.30. The zero-order chi connectivity index (χ0) is 19.7. The number of carbonyl (C=O) groups is 1. The molecular weight excluding hydrogens is 394 g/mol. The monoisotopic (exact) mass is 411 g/mol. The third-order valence-corrected chi connectivity index (χ3v) is 6.35. The van der Waals surface area contributed by atoms with Crippen LogP contribution in [0.5, 0.6) is 0 Å². The van der Waals surface area contributed by atoms with Crippen LogP contribution in [0.3, 0.4) is 0 Å². The normalized spacial score (nSPS) is 11.1. The maximum atomic E-state index is 12.9. The highest BCUT2D eigenvalue weighted by molar-refractivity contribution is 7.21. The molecule has 4 rings (SSSR count). The second-order valence-electron chi connectivity index (χ2n) is 6.36. The van der Waals surface area contributed by atoms with Crippen molar-refractivity contribution in [3.8, 4) is 11.3 Å². The van der Waals surface area contributed by atoms with Crippen LogP contribution < -0.4 is 5.32 Å². The van der Waals surface area contributed by atoms with Crippen LogP contribution in [-0.4, -0.2) is 16.2 Å². The van der Waals surface area contributed by atoms with E-state index >= 15 is 0 Å². The molecule has 0 spiro atoms. The van der Waals surface area contributed by atoms with Crippen molar-refractivity contribution in [2.45, 2.75) is 26.7 Å². The Morgan fingerprint density at radius 1 is 1.14 bits per heavy atom. The molecule has 2 aromatic carbocycles. The van der Waals surface area contributed by atoms with Crippen molar-refractivity contribution >= 4 is 44.7 Å². The standard InChI is InChI=1S/C21H18ClN3O2S/c1-3-12-9-10-13(4-2)15(11-12)18-20(25-27-24-18)23-21(26)19-17(22)14-7-5-6-8-16(14)28-19/h5-11H,3-4H2,1-2H3,(H,23,25,26). The number of fused-ring (bicyclic) bond motifs is 1. The number of aryl methyl sites for hydroxylation is 2. The van der Waals surface area contributed by atoms with Gasteiger partial charge in [-0.05, 0) is 46.4 Å². The molecule has 0 bridgehead atoms. The summed E-state index contributed by atoms with van der Waals surface area (Å²) in [6.45, 7) is 4.17. The van der Waals surface area contributed by atoms with Crippen LogP contribution in [0, 0.1) is 0 Å². The van der Waals surface area contributed by atoms with Crippen LogP contribution in [0.2, 0.25) is 5.02 Å². The molecule has 0 aliphatic carbocycles. The molecule has 28 heavy (non-hydrogen) atoms. The van der Waals surface area contributed by atoms with Crippen molar-refractivity contribution in [3.05, 3.63) is 63.5 Å². The lowest BCUT2D eigenvalue weighted by atomic mass is 9.98. The number of nitrogens with zero attached hydrogens (tertiary/aromatic N) is 2. The Kier molecular flexibility index (Phi) is 5.15. The number of nitrogens with one attached hydrogen (secondary N) is 1. The lowest BCUT2D eigenvalue weighted by molar-refractivity contribution is 0.102. The van der Waals surface area contributed by atoms with Gasteiger partial charge in [-0.2, -0.15) is 0 Å². The van der Waals surface area contributed by atoms with Crippen molar-refractivity contribution in [1.82, 2.24) is 10.3 Å². The third-order valence-electron chi connectivity index (χ3n) is 4.68. The van der Waals surface area contributed by atoms with Gasteiger partial charge in [0.15, 0.2) is 5.69 Å². The van der Waals surface area contributed by atoms with Crippen molar-refractivity contribution in [3.63, 3.8) is 0 Å². The van der Waals surface area contributed by atoms with Gasteiger partial charge in [0, 0.05) is 15.6 Å². The minimum absolute atomic E-state index is 0.293. The van der Waals surface area contributed by atoms with Crippen LogP contribution in [0.15, 0.2) is 47.1 Å². The Labute approximate surface area is 171 Å². The van der Waals surface area contributed by atoms with Gasteiger partial charge in [-0.25, -0.2) is 4.63 Å². The molecule has 0 radical (unpaired) electrons. The first-order chi connectivity index (χ1) is 13.6. The van der Waals surface area contributed by atoms with Crippen molar-refractivity contribution in [2.75, 3.05) is 5.32 Å². The van der Waals surface area contributed by atoms with E-state index in [4.69, 9.17) is 16.2 Å². The molecule has 0 unspecified atom stereocenters. The van der Waals surface area contributed by atoms with Gasteiger partial charge in [0.25, 0.3) is 5.91 Å². The number of carbonyl (C=O) groups excluding carboxylic acids is 1. The van der Waals surface area contributed by atoms with E-state index < -0.39 is 0 Å². The van der Waals surface area contributed by atoms with E-state index in [9.17, 15) is 4.79 Å². The summed E-state index contributed by atoms with van der Waals surface area (Å²) in [6, 6.07) is 13.9. The molecule has 1 N–H and O–H groups in total. The Morgan fingerprint density at radius 3 is 2.71 bits per heavy atom. The number of anilines is 1. The minimum atomic E-state index is -0.326. The number of benzene rings is 2. The fourth-order valence-corrected chi connectivity index (χ4v) is 4.56. The van der Waals surface area contributed by atoms with E-state index in [0.717, 1.165) is 34.1 Å². The zero-order valence-electron chi connectivity index (χ0n) is 15.5. The Bertz CT molecular complexity index is 1170. The SMILES string of the molecule is CCc1ccc(CC)c(-c2nonc2NC(=O)c2sc3ccccc3c2Cl)c1. The molecule has 0 saturated carbocycles. The molecule has 2 heterocycles. The van der Waals surface area contributed by atoms with E-state index in [1.807, 2.05) is 24.3 Å². The molecule has 0 atom stereocenters. The van der Waals surface area contributed by atoms with Gasteiger partial charge in [0.2, 0.25) is 5.82 Å². The average molecular weight is 412 g/mol. The van der Waals surface area contributed by atoms with Gasteiger partial charge in [-0.15, -0.1) is 11.3 Å². The summed E-state index contributed by atoms with van der Waals surface area (Å²) >= 11 is 7.77. The highest BCUT2D eigenvalue weighted by atomic mass is 35.5. The van der Waals surface area contributed by atoms with E-state index in [1.54, 1.807) is 0 Å². The highest BCUT2D eigenvalue weighted by Crippen LogP contribution is 2.36.